The summed E-state index contributed by atoms with van der Waals surface area (Å²) in [5, 5.41) is 0.180. The summed E-state index contributed by atoms with van der Waals surface area (Å²) in [6, 6.07) is 11.9. The molecule has 2 atom stereocenters. The molecule has 1 aromatic carbocycles. The van der Waals surface area contributed by atoms with Crippen molar-refractivity contribution in [3.8, 4) is 17.1 Å². The minimum atomic E-state index is -0.317. The SMILES string of the molecule is Cc1cnc(-c2ccnc(C(=O)N(C)C)n2)cc1-n1c(C)cc([C@H]2C[C@@H]2c2ccc(F)cc2)c(Cl)c1=O. The van der Waals surface area contributed by atoms with Gasteiger partial charge in [-0.25, -0.2) is 14.4 Å². The number of hydrogen-bond donors (Lipinski definition) is 0. The summed E-state index contributed by atoms with van der Waals surface area (Å²) >= 11 is 6.66. The predicted molar refractivity (Wildman–Crippen MR) is 140 cm³/mol. The molecule has 188 valence electrons. The molecule has 3 heterocycles. The van der Waals surface area contributed by atoms with Crippen LogP contribution in [0.4, 0.5) is 4.39 Å². The average Bonchev–Trinajstić information content (AvgIpc) is 3.68. The summed E-state index contributed by atoms with van der Waals surface area (Å²) in [5.74, 6) is -0.206. The Balaban J connectivity index is 1.52. The summed E-state index contributed by atoms with van der Waals surface area (Å²) in [7, 11) is 3.26. The zero-order chi connectivity index (χ0) is 26.4. The number of rotatable bonds is 5. The molecule has 0 bridgehead atoms. The van der Waals surface area contributed by atoms with E-state index in [1.807, 2.05) is 19.9 Å². The van der Waals surface area contributed by atoms with Crippen molar-refractivity contribution in [2.45, 2.75) is 32.1 Å². The van der Waals surface area contributed by atoms with Crippen molar-refractivity contribution in [1.82, 2.24) is 24.4 Å². The van der Waals surface area contributed by atoms with E-state index in [4.69, 9.17) is 11.6 Å². The highest BCUT2D eigenvalue weighted by molar-refractivity contribution is 6.31. The molecule has 5 rings (SSSR count). The van der Waals surface area contributed by atoms with Crippen molar-refractivity contribution in [3.05, 3.63) is 104 Å². The Bertz CT molecular complexity index is 1580. The maximum absolute atomic E-state index is 13.5. The highest BCUT2D eigenvalue weighted by Gasteiger charge is 2.41. The van der Waals surface area contributed by atoms with Crippen LogP contribution in [0.5, 0.6) is 0 Å². The van der Waals surface area contributed by atoms with E-state index in [0.717, 1.165) is 28.8 Å². The molecule has 7 nitrogen and oxygen atoms in total. The van der Waals surface area contributed by atoms with Crippen LogP contribution in [0.1, 0.15) is 51.3 Å². The Labute approximate surface area is 218 Å². The van der Waals surface area contributed by atoms with E-state index in [1.165, 1.54) is 23.2 Å². The summed E-state index contributed by atoms with van der Waals surface area (Å²) < 4.78 is 14.9. The number of carbonyl (C=O) groups excluding carboxylic acids is 1. The lowest BCUT2D eigenvalue weighted by Gasteiger charge is -2.16. The number of nitrogens with zero attached hydrogens (tertiary/aromatic N) is 5. The van der Waals surface area contributed by atoms with Gasteiger partial charge in [-0.15, -0.1) is 0 Å². The standard InChI is InChI=1S/C28H25ClFN5O2/c1-15-14-32-23(22-9-10-31-26(33-22)28(37)34(3)4)13-24(15)35-16(2)11-21(25(29)27(35)36)20-12-19(20)17-5-7-18(30)8-6-17/h5-11,13-14,19-20H,12H2,1-4H3/t19-,20+/m1/s1. The van der Waals surface area contributed by atoms with Gasteiger partial charge >= 0.3 is 0 Å². The quantitative estimate of drug-likeness (QED) is 0.369. The van der Waals surface area contributed by atoms with Gasteiger partial charge in [0.15, 0.2) is 0 Å². The largest absolute Gasteiger partial charge is 0.342 e. The smallest absolute Gasteiger partial charge is 0.291 e. The molecule has 1 saturated carbocycles. The summed E-state index contributed by atoms with van der Waals surface area (Å²) in [4.78, 5) is 40.2. The Morgan fingerprint density at radius 2 is 1.78 bits per heavy atom. The highest BCUT2D eigenvalue weighted by Crippen LogP contribution is 2.55. The van der Waals surface area contributed by atoms with Crippen molar-refractivity contribution < 1.29 is 9.18 Å². The third kappa shape index (κ3) is 4.64. The Hall–Kier alpha value is -3.91. The molecule has 0 saturated heterocycles. The van der Waals surface area contributed by atoms with E-state index in [-0.39, 0.29) is 40.0 Å². The fourth-order valence-electron chi connectivity index (χ4n) is 4.62. The van der Waals surface area contributed by atoms with Gasteiger partial charge in [0.05, 0.1) is 17.1 Å². The molecule has 0 radical (unpaired) electrons. The Kier molecular flexibility index (Phi) is 6.37. The van der Waals surface area contributed by atoms with Crippen LogP contribution in [0.15, 0.2) is 59.7 Å². The van der Waals surface area contributed by atoms with Crippen molar-refractivity contribution in [3.63, 3.8) is 0 Å². The second-order valence-corrected chi connectivity index (χ2v) is 9.89. The van der Waals surface area contributed by atoms with Crippen LogP contribution in [0.25, 0.3) is 17.1 Å². The number of amides is 1. The van der Waals surface area contributed by atoms with Crippen molar-refractivity contribution >= 4 is 17.5 Å². The molecule has 0 N–H and O–H groups in total. The van der Waals surface area contributed by atoms with Crippen LogP contribution >= 0.6 is 11.6 Å². The number of aryl methyl sites for hydroxylation is 2. The minimum absolute atomic E-state index is 0.0623. The van der Waals surface area contributed by atoms with Crippen LogP contribution in [0.2, 0.25) is 5.02 Å². The lowest BCUT2D eigenvalue weighted by molar-refractivity contribution is 0.0816. The van der Waals surface area contributed by atoms with Crippen LogP contribution in [0.3, 0.4) is 0 Å². The normalized spacial score (nSPS) is 16.5. The van der Waals surface area contributed by atoms with E-state index in [9.17, 15) is 14.0 Å². The van der Waals surface area contributed by atoms with E-state index < -0.39 is 0 Å². The number of pyridine rings is 2. The second kappa shape index (κ2) is 9.52. The first-order valence-electron chi connectivity index (χ1n) is 11.8. The van der Waals surface area contributed by atoms with Gasteiger partial charge in [0.25, 0.3) is 11.5 Å². The van der Waals surface area contributed by atoms with Crippen LogP contribution in [-0.2, 0) is 0 Å². The monoisotopic (exact) mass is 517 g/mol. The fraction of sp³-hybridized carbons (Fsp3) is 0.250. The van der Waals surface area contributed by atoms with Gasteiger partial charge in [-0.1, -0.05) is 23.7 Å². The first-order chi connectivity index (χ1) is 17.7. The molecule has 1 fully saturated rings. The van der Waals surface area contributed by atoms with Gasteiger partial charge in [-0.05, 0) is 79.1 Å². The molecule has 0 aliphatic heterocycles. The lowest BCUT2D eigenvalue weighted by Crippen LogP contribution is -2.24. The summed E-state index contributed by atoms with van der Waals surface area (Å²) in [5.41, 5.74) is 4.66. The number of halogens is 2. The predicted octanol–water partition coefficient (Wildman–Crippen LogP) is 5.07. The Morgan fingerprint density at radius 1 is 1.05 bits per heavy atom. The molecule has 3 aromatic heterocycles. The first-order valence-corrected chi connectivity index (χ1v) is 12.2. The van der Waals surface area contributed by atoms with Crippen molar-refractivity contribution in [1.29, 1.82) is 0 Å². The van der Waals surface area contributed by atoms with Crippen molar-refractivity contribution in [2.75, 3.05) is 14.1 Å². The zero-order valence-corrected chi connectivity index (χ0v) is 21.6. The van der Waals surface area contributed by atoms with E-state index in [2.05, 4.69) is 15.0 Å². The summed E-state index contributed by atoms with van der Waals surface area (Å²) in [6.45, 7) is 3.74. The molecule has 1 amide bonds. The molecule has 1 aliphatic rings. The molecule has 1 aliphatic carbocycles. The molecular weight excluding hydrogens is 493 g/mol. The van der Waals surface area contributed by atoms with Crippen LogP contribution < -0.4 is 5.56 Å². The average molecular weight is 518 g/mol. The van der Waals surface area contributed by atoms with Gasteiger partial charge in [0, 0.05) is 32.2 Å². The van der Waals surface area contributed by atoms with Crippen LogP contribution in [0, 0.1) is 19.7 Å². The van der Waals surface area contributed by atoms with Gasteiger partial charge < -0.3 is 4.90 Å². The first kappa shape index (κ1) is 24.8. The van der Waals surface area contributed by atoms with Gasteiger partial charge in [0.1, 0.15) is 10.8 Å². The van der Waals surface area contributed by atoms with Gasteiger partial charge in [-0.3, -0.25) is 19.1 Å². The maximum Gasteiger partial charge on any atom is 0.291 e. The molecule has 0 spiro atoms. The number of carbonyl (C=O) groups is 1. The van der Waals surface area contributed by atoms with Crippen LogP contribution in [-0.4, -0.2) is 44.4 Å². The third-order valence-corrected chi connectivity index (χ3v) is 7.06. The van der Waals surface area contributed by atoms with E-state index >= 15 is 0 Å². The molecule has 0 unspecified atom stereocenters. The molecule has 9 heteroatoms. The molecule has 37 heavy (non-hydrogen) atoms. The van der Waals surface area contributed by atoms with Gasteiger partial charge in [-0.2, -0.15) is 0 Å². The molecular formula is C28H25ClFN5O2. The van der Waals surface area contributed by atoms with Crippen molar-refractivity contribution in [2.24, 2.45) is 0 Å². The zero-order valence-electron chi connectivity index (χ0n) is 20.9. The van der Waals surface area contributed by atoms with Gasteiger partial charge in [0.2, 0.25) is 5.82 Å². The number of aromatic nitrogens is 4. The topological polar surface area (TPSA) is 81.0 Å². The minimum Gasteiger partial charge on any atom is -0.342 e. The fourth-order valence-corrected chi connectivity index (χ4v) is 4.90. The Morgan fingerprint density at radius 3 is 2.49 bits per heavy atom. The molecule has 4 aromatic rings. The second-order valence-electron chi connectivity index (χ2n) is 9.52. The summed E-state index contributed by atoms with van der Waals surface area (Å²) in [6.07, 6.45) is 4.03. The highest BCUT2D eigenvalue weighted by atomic mass is 35.5. The number of benzene rings is 1. The van der Waals surface area contributed by atoms with E-state index in [0.29, 0.717) is 17.1 Å². The lowest BCUT2D eigenvalue weighted by atomic mass is 10.0. The van der Waals surface area contributed by atoms with E-state index in [1.54, 1.807) is 49.1 Å². The number of hydrogen-bond acceptors (Lipinski definition) is 5. The third-order valence-electron chi connectivity index (χ3n) is 6.68. The maximum atomic E-state index is 13.5.